The van der Waals surface area contributed by atoms with Crippen molar-refractivity contribution in [1.82, 2.24) is 15.0 Å². The van der Waals surface area contributed by atoms with Crippen molar-refractivity contribution in [2.24, 2.45) is 4.99 Å². The van der Waals surface area contributed by atoms with Gasteiger partial charge in [0.15, 0.2) is 5.84 Å². The van der Waals surface area contributed by atoms with E-state index in [9.17, 15) is 14.7 Å². The summed E-state index contributed by atoms with van der Waals surface area (Å²) in [4.78, 5) is 38.2. The van der Waals surface area contributed by atoms with Gasteiger partial charge >= 0.3 is 6.47 Å². The molecule has 8 heteroatoms. The van der Waals surface area contributed by atoms with Crippen molar-refractivity contribution in [2.45, 2.75) is 67.2 Å². The number of unbranched alkanes of at least 4 members (excludes halogenated alkanes) is 1. The second-order valence-electron chi connectivity index (χ2n) is 9.01. The van der Waals surface area contributed by atoms with Crippen molar-refractivity contribution in [1.29, 1.82) is 0 Å². The van der Waals surface area contributed by atoms with Gasteiger partial charge in [0.2, 0.25) is 0 Å². The number of carbonyl (C=O) groups is 1. The number of rotatable bonds is 11. The lowest BCUT2D eigenvalue weighted by Crippen LogP contribution is -2.28. The van der Waals surface area contributed by atoms with E-state index in [1.54, 1.807) is 35.9 Å². The first kappa shape index (κ1) is 32.8. The number of hydrogen-bond donors (Lipinski definition) is 2. The quantitative estimate of drug-likeness (QED) is 0.0946. The molecule has 3 rings (SSSR count). The van der Waals surface area contributed by atoms with Crippen LogP contribution in [-0.2, 0) is 22.5 Å². The molecule has 0 saturated heterocycles. The Morgan fingerprint density at radius 2 is 1.73 bits per heavy atom. The number of amidine groups is 1. The number of aliphatic imine (C=N–C) groups is 1. The number of nitrogens with one attached hydrogen (secondary N) is 1. The Hall–Kier alpha value is -4.46. The van der Waals surface area contributed by atoms with Gasteiger partial charge in [-0.15, -0.1) is 0 Å². The van der Waals surface area contributed by atoms with Crippen molar-refractivity contribution < 1.29 is 14.7 Å². The molecule has 0 radical (unpaired) electrons. The van der Waals surface area contributed by atoms with Gasteiger partial charge in [-0.05, 0) is 74.6 Å². The van der Waals surface area contributed by atoms with Crippen LogP contribution in [0.3, 0.4) is 0 Å². The van der Waals surface area contributed by atoms with Gasteiger partial charge in [0.25, 0.3) is 5.56 Å². The zero-order chi connectivity index (χ0) is 30.4. The zero-order valence-electron chi connectivity index (χ0n) is 25.2. The van der Waals surface area contributed by atoms with Gasteiger partial charge in [-0.2, -0.15) is 0 Å². The number of phenolic OH excluding ortho intramolecular Hbond substituents is 1. The van der Waals surface area contributed by atoms with E-state index in [0.29, 0.717) is 35.8 Å². The fourth-order valence-electron chi connectivity index (χ4n) is 4.56. The van der Waals surface area contributed by atoms with Crippen LogP contribution < -0.4 is 11.0 Å². The minimum atomic E-state index is -0.0984. The van der Waals surface area contributed by atoms with E-state index in [1.807, 2.05) is 71.0 Å². The first-order chi connectivity index (χ1) is 19.9. The molecule has 0 amide bonds. The summed E-state index contributed by atoms with van der Waals surface area (Å²) in [7, 11) is 1.62. The number of carbonyl (C=O) groups excluding carboxylic acids is 1. The van der Waals surface area contributed by atoms with Crippen LogP contribution in [0.2, 0.25) is 0 Å². The van der Waals surface area contributed by atoms with Crippen molar-refractivity contribution >= 4 is 17.9 Å². The molecule has 0 spiro atoms. The third-order valence-corrected chi connectivity index (χ3v) is 6.50. The average Bonchev–Trinajstić information content (AvgIpc) is 3.00. The van der Waals surface area contributed by atoms with E-state index < -0.39 is 0 Å². The number of phenols is 1. The standard InChI is InChI=1S/C31H36N4O4.C2H6/c1-6-9-10-29-28(31(38)35(21(4)33-29)24-15-17-25(37)18-16-24)19-22-11-13-23(14-12-22)26(7-2)27(8-3)30(32-5)34-39-20-36;1-2/h7-8,11-18,20,37H,6,9-10,19H2,1-5H3,(H,32,34);1-2H3/b26-7-,27-8+;. The highest BCUT2D eigenvalue weighted by molar-refractivity contribution is 6.11. The van der Waals surface area contributed by atoms with Gasteiger partial charge in [-0.3, -0.25) is 19.1 Å². The molecule has 0 bridgehead atoms. The maximum absolute atomic E-state index is 13.8. The van der Waals surface area contributed by atoms with E-state index in [-0.39, 0.29) is 11.3 Å². The predicted molar refractivity (Wildman–Crippen MR) is 166 cm³/mol. The Morgan fingerprint density at radius 3 is 2.27 bits per heavy atom. The van der Waals surface area contributed by atoms with Crippen molar-refractivity contribution in [3.05, 3.63) is 105 Å². The second-order valence-corrected chi connectivity index (χ2v) is 9.01. The minimum absolute atomic E-state index is 0.0984. The predicted octanol–water partition coefficient (Wildman–Crippen LogP) is 6.26. The molecule has 3 aromatic rings. The number of aryl methyl sites for hydroxylation is 2. The van der Waals surface area contributed by atoms with E-state index in [1.165, 1.54) is 0 Å². The van der Waals surface area contributed by atoms with Crippen molar-refractivity contribution in [2.75, 3.05) is 7.05 Å². The Bertz CT molecular complexity index is 1430. The van der Waals surface area contributed by atoms with E-state index in [2.05, 4.69) is 17.4 Å². The number of nitrogens with zero attached hydrogens (tertiary/aromatic N) is 3. The van der Waals surface area contributed by atoms with E-state index in [4.69, 9.17) is 9.82 Å². The summed E-state index contributed by atoms with van der Waals surface area (Å²) >= 11 is 0. The molecule has 218 valence electrons. The number of aromatic nitrogens is 2. The fraction of sp³-hybridized carbons (Fsp3) is 0.333. The highest BCUT2D eigenvalue weighted by Gasteiger charge is 2.17. The summed E-state index contributed by atoms with van der Waals surface area (Å²) in [5.41, 5.74) is 8.29. The lowest BCUT2D eigenvalue weighted by molar-refractivity contribution is -0.132. The number of hydroxylamine groups is 1. The zero-order valence-corrected chi connectivity index (χ0v) is 25.2. The molecule has 0 unspecified atom stereocenters. The van der Waals surface area contributed by atoms with Crippen LogP contribution in [0.15, 0.2) is 76.0 Å². The molecular weight excluding hydrogens is 516 g/mol. The summed E-state index contributed by atoms with van der Waals surface area (Å²) < 4.78 is 1.61. The lowest BCUT2D eigenvalue weighted by atomic mass is 9.94. The lowest BCUT2D eigenvalue weighted by Gasteiger charge is -2.17. The first-order valence-corrected chi connectivity index (χ1v) is 14.0. The van der Waals surface area contributed by atoms with Crippen molar-refractivity contribution in [3.63, 3.8) is 0 Å². The van der Waals surface area contributed by atoms with E-state index in [0.717, 1.165) is 47.2 Å². The van der Waals surface area contributed by atoms with Gasteiger partial charge in [0.1, 0.15) is 11.6 Å². The summed E-state index contributed by atoms with van der Waals surface area (Å²) in [5, 5.41) is 9.70. The van der Waals surface area contributed by atoms with Crippen LogP contribution in [0.4, 0.5) is 0 Å². The summed E-state index contributed by atoms with van der Waals surface area (Å²) in [5.74, 6) is 1.19. The number of allylic oxidation sites excluding steroid dienone is 2. The van der Waals surface area contributed by atoms with Gasteiger partial charge in [-0.1, -0.05) is 63.6 Å². The van der Waals surface area contributed by atoms with Crippen LogP contribution >= 0.6 is 0 Å². The summed E-state index contributed by atoms with van der Waals surface area (Å²) in [6, 6.07) is 14.6. The molecule has 0 saturated carbocycles. The minimum Gasteiger partial charge on any atom is -0.508 e. The van der Waals surface area contributed by atoms with Gasteiger partial charge in [0, 0.05) is 24.6 Å². The molecule has 0 fully saturated rings. The monoisotopic (exact) mass is 558 g/mol. The first-order valence-electron chi connectivity index (χ1n) is 14.0. The smallest absolute Gasteiger partial charge is 0.320 e. The molecule has 41 heavy (non-hydrogen) atoms. The SMILES string of the molecule is C/C=C(\C(=C/C)C(=NC)NOC=O)c1ccc(Cc2c(CCCC)nc(C)n(-c3ccc(O)cc3)c2=O)cc1.CC. The molecule has 1 heterocycles. The van der Waals surface area contributed by atoms with Crippen molar-refractivity contribution in [3.8, 4) is 11.4 Å². The topological polar surface area (TPSA) is 106 Å². The maximum atomic E-state index is 13.8. The Kier molecular flexibility index (Phi) is 13.3. The Balaban J connectivity index is 0.00000287. The summed E-state index contributed by atoms with van der Waals surface area (Å²) in [6.45, 7) is 12.1. The van der Waals surface area contributed by atoms with Crippen LogP contribution in [0.25, 0.3) is 11.3 Å². The average molecular weight is 559 g/mol. The number of hydrogen-bond acceptors (Lipinski definition) is 6. The van der Waals surface area contributed by atoms with Gasteiger partial charge < -0.3 is 9.94 Å². The maximum Gasteiger partial charge on any atom is 0.320 e. The molecule has 0 aliphatic heterocycles. The highest BCUT2D eigenvalue weighted by atomic mass is 16.7. The molecule has 0 aliphatic rings. The van der Waals surface area contributed by atoms with Crippen LogP contribution in [0, 0.1) is 6.92 Å². The van der Waals surface area contributed by atoms with Gasteiger partial charge in [-0.25, -0.2) is 10.5 Å². The molecule has 2 N–H and O–H groups in total. The number of benzene rings is 2. The molecule has 0 atom stereocenters. The highest BCUT2D eigenvalue weighted by Crippen LogP contribution is 2.25. The fourth-order valence-corrected chi connectivity index (χ4v) is 4.56. The molecular formula is C33H42N4O4. The molecule has 1 aromatic heterocycles. The van der Waals surface area contributed by atoms with Crippen LogP contribution in [0.1, 0.15) is 75.7 Å². The van der Waals surface area contributed by atoms with Crippen LogP contribution in [-0.4, -0.2) is 34.0 Å². The third-order valence-electron chi connectivity index (χ3n) is 6.50. The Labute approximate surface area is 243 Å². The van der Waals surface area contributed by atoms with Gasteiger partial charge in [0.05, 0.1) is 11.4 Å². The Morgan fingerprint density at radius 1 is 1.07 bits per heavy atom. The molecule has 0 aliphatic carbocycles. The second kappa shape index (κ2) is 16.6. The van der Waals surface area contributed by atoms with E-state index >= 15 is 0 Å². The molecule has 2 aromatic carbocycles. The summed E-state index contributed by atoms with van der Waals surface area (Å²) in [6.07, 6.45) is 7.00. The number of aromatic hydroxyl groups is 1. The molecule has 8 nitrogen and oxygen atoms in total. The largest absolute Gasteiger partial charge is 0.508 e. The van der Waals surface area contributed by atoms with Crippen LogP contribution in [0.5, 0.6) is 5.75 Å². The third kappa shape index (κ3) is 8.27. The normalized spacial score (nSPS) is 11.9.